The zero-order valence-corrected chi connectivity index (χ0v) is 14.7. The number of anilines is 1. The summed E-state index contributed by atoms with van der Waals surface area (Å²) < 4.78 is 15.8. The molecule has 0 spiro atoms. The summed E-state index contributed by atoms with van der Waals surface area (Å²) in [5.41, 5.74) is 2.39. The molecule has 5 heteroatoms. The second-order valence-electron chi connectivity index (χ2n) is 5.64. The maximum atomic E-state index is 12.5. The molecule has 0 unspecified atom stereocenters. The van der Waals surface area contributed by atoms with E-state index >= 15 is 0 Å². The van der Waals surface area contributed by atoms with Gasteiger partial charge in [0.15, 0.2) is 11.5 Å². The van der Waals surface area contributed by atoms with E-state index in [1.54, 1.807) is 12.1 Å². The number of nitrogens with one attached hydrogen (secondary N) is 1. The molecule has 2 aromatic rings. The van der Waals surface area contributed by atoms with E-state index in [0.29, 0.717) is 28.7 Å². The van der Waals surface area contributed by atoms with Gasteiger partial charge in [-0.25, -0.2) is 0 Å². The highest BCUT2D eigenvalue weighted by Crippen LogP contribution is 2.38. The Morgan fingerprint density at radius 2 is 1.46 bits per heavy atom. The fourth-order valence-corrected chi connectivity index (χ4v) is 2.37. The van der Waals surface area contributed by atoms with Crippen LogP contribution in [0.25, 0.3) is 0 Å². The predicted molar refractivity (Wildman–Crippen MR) is 94.6 cm³/mol. The van der Waals surface area contributed by atoms with Crippen LogP contribution in [0.4, 0.5) is 5.69 Å². The molecule has 0 bridgehead atoms. The van der Waals surface area contributed by atoms with Crippen LogP contribution < -0.4 is 19.5 Å². The van der Waals surface area contributed by atoms with Crippen LogP contribution >= 0.6 is 0 Å². The molecule has 0 saturated carbocycles. The standard InChI is InChI=1S/C19H23NO4/c1-12(2)13-6-8-15(9-7-13)20-19(21)14-10-16(22-3)18(24-5)17(11-14)23-4/h6-12H,1-5H3,(H,20,21). The van der Waals surface area contributed by atoms with Gasteiger partial charge in [0.1, 0.15) is 0 Å². The van der Waals surface area contributed by atoms with Gasteiger partial charge >= 0.3 is 0 Å². The average Bonchev–Trinajstić information content (AvgIpc) is 2.60. The Morgan fingerprint density at radius 1 is 0.917 bits per heavy atom. The van der Waals surface area contributed by atoms with Crippen molar-refractivity contribution in [2.24, 2.45) is 0 Å². The lowest BCUT2D eigenvalue weighted by atomic mass is 10.0. The van der Waals surface area contributed by atoms with E-state index in [-0.39, 0.29) is 5.91 Å². The number of rotatable bonds is 6. The molecule has 0 aromatic heterocycles. The fraction of sp³-hybridized carbons (Fsp3) is 0.316. The lowest BCUT2D eigenvalue weighted by molar-refractivity contribution is 0.102. The summed E-state index contributed by atoms with van der Waals surface area (Å²) in [6.07, 6.45) is 0. The highest BCUT2D eigenvalue weighted by Gasteiger charge is 2.17. The maximum absolute atomic E-state index is 12.5. The predicted octanol–water partition coefficient (Wildman–Crippen LogP) is 4.09. The lowest BCUT2D eigenvalue weighted by Crippen LogP contribution is -2.12. The molecule has 2 aromatic carbocycles. The molecule has 128 valence electrons. The van der Waals surface area contributed by atoms with Crippen molar-refractivity contribution in [3.63, 3.8) is 0 Å². The number of hydrogen-bond acceptors (Lipinski definition) is 4. The Balaban J connectivity index is 2.26. The van der Waals surface area contributed by atoms with Crippen LogP contribution in [0, 0.1) is 0 Å². The van der Waals surface area contributed by atoms with Gasteiger partial charge in [0, 0.05) is 11.3 Å². The summed E-state index contributed by atoms with van der Waals surface area (Å²) in [5, 5.41) is 2.87. The Kier molecular flexibility index (Phi) is 5.68. The second kappa shape index (κ2) is 7.73. The topological polar surface area (TPSA) is 56.8 Å². The van der Waals surface area contributed by atoms with Gasteiger partial charge in [-0.15, -0.1) is 0 Å². The minimum Gasteiger partial charge on any atom is -0.493 e. The molecule has 1 amide bonds. The Bertz CT molecular complexity index is 683. The third kappa shape index (κ3) is 3.79. The normalized spacial score (nSPS) is 10.4. The SMILES string of the molecule is COc1cc(C(=O)Nc2ccc(C(C)C)cc2)cc(OC)c1OC. The van der Waals surface area contributed by atoms with E-state index in [4.69, 9.17) is 14.2 Å². The minimum atomic E-state index is -0.244. The molecule has 0 heterocycles. The molecule has 0 aliphatic heterocycles. The third-order valence-electron chi connectivity index (χ3n) is 3.76. The summed E-state index contributed by atoms with van der Waals surface area (Å²) in [7, 11) is 4.56. The van der Waals surface area contributed by atoms with Crippen LogP contribution in [-0.4, -0.2) is 27.2 Å². The van der Waals surface area contributed by atoms with Gasteiger partial charge in [-0.2, -0.15) is 0 Å². The van der Waals surface area contributed by atoms with E-state index in [0.717, 1.165) is 5.69 Å². The number of methoxy groups -OCH3 is 3. The van der Waals surface area contributed by atoms with E-state index in [1.165, 1.54) is 26.9 Å². The van der Waals surface area contributed by atoms with Crippen LogP contribution in [0.3, 0.4) is 0 Å². The first-order valence-electron chi connectivity index (χ1n) is 7.71. The first-order chi connectivity index (χ1) is 11.5. The van der Waals surface area contributed by atoms with Crippen LogP contribution in [0.2, 0.25) is 0 Å². The van der Waals surface area contributed by atoms with Crippen LogP contribution in [0.1, 0.15) is 35.7 Å². The zero-order valence-electron chi connectivity index (χ0n) is 14.7. The van der Waals surface area contributed by atoms with E-state index in [1.807, 2.05) is 24.3 Å². The van der Waals surface area contributed by atoms with Crippen LogP contribution in [0.15, 0.2) is 36.4 Å². The van der Waals surface area contributed by atoms with Gasteiger partial charge in [0.25, 0.3) is 5.91 Å². The van der Waals surface area contributed by atoms with Gasteiger partial charge in [-0.1, -0.05) is 26.0 Å². The van der Waals surface area contributed by atoms with Crippen molar-refractivity contribution in [2.75, 3.05) is 26.6 Å². The van der Waals surface area contributed by atoms with Gasteiger partial charge in [-0.3, -0.25) is 4.79 Å². The second-order valence-corrected chi connectivity index (χ2v) is 5.64. The van der Waals surface area contributed by atoms with E-state index in [9.17, 15) is 4.79 Å². The molecule has 2 rings (SSSR count). The van der Waals surface area contributed by atoms with E-state index in [2.05, 4.69) is 19.2 Å². The number of carbonyl (C=O) groups is 1. The molecule has 0 aliphatic carbocycles. The monoisotopic (exact) mass is 329 g/mol. The first kappa shape index (κ1) is 17.7. The van der Waals surface area contributed by atoms with Crippen molar-refractivity contribution in [3.05, 3.63) is 47.5 Å². The number of benzene rings is 2. The summed E-state index contributed by atoms with van der Waals surface area (Å²) in [5.74, 6) is 1.54. The number of amides is 1. The first-order valence-corrected chi connectivity index (χ1v) is 7.71. The molecule has 0 saturated heterocycles. The maximum Gasteiger partial charge on any atom is 0.255 e. The van der Waals surface area contributed by atoms with Crippen molar-refractivity contribution in [2.45, 2.75) is 19.8 Å². The Labute approximate surface area is 142 Å². The van der Waals surface area contributed by atoms with Gasteiger partial charge < -0.3 is 19.5 Å². The number of ether oxygens (including phenoxy) is 3. The third-order valence-corrected chi connectivity index (χ3v) is 3.76. The number of hydrogen-bond donors (Lipinski definition) is 1. The summed E-state index contributed by atoms with van der Waals surface area (Å²) in [6.45, 7) is 4.26. The van der Waals surface area contributed by atoms with Crippen molar-refractivity contribution < 1.29 is 19.0 Å². The van der Waals surface area contributed by atoms with Crippen LogP contribution in [0.5, 0.6) is 17.2 Å². The van der Waals surface area contributed by atoms with Crippen LogP contribution in [-0.2, 0) is 0 Å². The summed E-state index contributed by atoms with van der Waals surface area (Å²) >= 11 is 0. The molecule has 0 radical (unpaired) electrons. The van der Waals surface area contributed by atoms with Crippen molar-refractivity contribution in [1.82, 2.24) is 0 Å². The molecular formula is C19H23NO4. The molecule has 1 N–H and O–H groups in total. The van der Waals surface area contributed by atoms with Gasteiger partial charge in [0.2, 0.25) is 5.75 Å². The highest BCUT2D eigenvalue weighted by atomic mass is 16.5. The molecule has 5 nitrogen and oxygen atoms in total. The fourth-order valence-electron chi connectivity index (χ4n) is 2.37. The Morgan fingerprint density at radius 3 is 1.88 bits per heavy atom. The largest absolute Gasteiger partial charge is 0.493 e. The lowest BCUT2D eigenvalue weighted by Gasteiger charge is -2.14. The summed E-state index contributed by atoms with van der Waals surface area (Å²) in [6, 6.07) is 11.1. The summed E-state index contributed by atoms with van der Waals surface area (Å²) in [4.78, 5) is 12.5. The highest BCUT2D eigenvalue weighted by molar-refractivity contribution is 6.05. The average molecular weight is 329 g/mol. The van der Waals surface area contributed by atoms with E-state index < -0.39 is 0 Å². The number of carbonyl (C=O) groups excluding carboxylic acids is 1. The van der Waals surface area contributed by atoms with Gasteiger partial charge in [0.05, 0.1) is 21.3 Å². The zero-order chi connectivity index (χ0) is 17.7. The molecule has 0 fully saturated rings. The van der Waals surface area contributed by atoms with Crippen molar-refractivity contribution >= 4 is 11.6 Å². The van der Waals surface area contributed by atoms with Gasteiger partial charge in [-0.05, 0) is 35.7 Å². The molecular weight excluding hydrogens is 306 g/mol. The molecule has 0 atom stereocenters. The smallest absolute Gasteiger partial charge is 0.255 e. The Hall–Kier alpha value is -2.69. The quantitative estimate of drug-likeness (QED) is 0.867. The molecule has 0 aliphatic rings. The molecule has 24 heavy (non-hydrogen) atoms. The van der Waals surface area contributed by atoms with Crippen molar-refractivity contribution in [3.8, 4) is 17.2 Å². The van der Waals surface area contributed by atoms with Crippen molar-refractivity contribution in [1.29, 1.82) is 0 Å². The minimum absolute atomic E-state index is 0.244.